The van der Waals surface area contributed by atoms with Crippen LogP contribution in [0, 0.1) is 5.41 Å². The zero-order valence-corrected chi connectivity index (χ0v) is 15.6. The van der Waals surface area contributed by atoms with Crippen molar-refractivity contribution in [3.63, 3.8) is 0 Å². The van der Waals surface area contributed by atoms with Crippen molar-refractivity contribution in [1.82, 2.24) is 9.78 Å². The highest BCUT2D eigenvalue weighted by Crippen LogP contribution is 2.27. The van der Waals surface area contributed by atoms with Crippen LogP contribution in [-0.2, 0) is 16.6 Å². The fourth-order valence-electron chi connectivity index (χ4n) is 2.69. The SMILES string of the molecule is Cn1nc(C2=NC(COC(=O)C(C)(C)C)C=C2)c2cc(OC(F)F)ccc21. The van der Waals surface area contributed by atoms with E-state index in [1.165, 1.54) is 12.1 Å². The highest BCUT2D eigenvalue weighted by atomic mass is 19.3. The van der Waals surface area contributed by atoms with Gasteiger partial charge in [-0.05, 0) is 45.0 Å². The van der Waals surface area contributed by atoms with Crippen LogP contribution >= 0.6 is 0 Å². The number of benzene rings is 1. The molecule has 0 radical (unpaired) electrons. The Morgan fingerprint density at radius 2 is 2.07 bits per heavy atom. The van der Waals surface area contributed by atoms with Crippen molar-refractivity contribution in [2.45, 2.75) is 33.4 Å². The number of hydrogen-bond acceptors (Lipinski definition) is 5. The summed E-state index contributed by atoms with van der Waals surface area (Å²) in [5, 5.41) is 5.10. The maximum absolute atomic E-state index is 12.5. The third-order valence-corrected chi connectivity index (χ3v) is 4.07. The van der Waals surface area contributed by atoms with Gasteiger partial charge in [0.2, 0.25) is 0 Å². The molecular formula is C19H21F2N3O3. The Balaban J connectivity index is 1.83. The number of carbonyl (C=O) groups excluding carboxylic acids is 1. The van der Waals surface area contributed by atoms with Crippen molar-refractivity contribution < 1.29 is 23.0 Å². The number of halogens is 2. The minimum atomic E-state index is -2.90. The lowest BCUT2D eigenvalue weighted by Crippen LogP contribution is -2.25. The van der Waals surface area contributed by atoms with Gasteiger partial charge < -0.3 is 9.47 Å². The number of carbonyl (C=O) groups is 1. The van der Waals surface area contributed by atoms with Crippen LogP contribution in [0.2, 0.25) is 0 Å². The number of esters is 1. The van der Waals surface area contributed by atoms with Crippen molar-refractivity contribution in [3.05, 3.63) is 36.0 Å². The Kier molecular flexibility index (Phi) is 4.99. The van der Waals surface area contributed by atoms with Crippen molar-refractivity contribution in [2.24, 2.45) is 17.5 Å². The molecule has 1 aliphatic heterocycles. The lowest BCUT2D eigenvalue weighted by atomic mass is 9.97. The molecule has 1 aliphatic rings. The first kappa shape index (κ1) is 19.0. The molecule has 27 heavy (non-hydrogen) atoms. The van der Waals surface area contributed by atoms with Crippen LogP contribution in [0.3, 0.4) is 0 Å². The number of aryl methyl sites for hydroxylation is 1. The summed E-state index contributed by atoms with van der Waals surface area (Å²) in [4.78, 5) is 16.4. The molecule has 1 aromatic carbocycles. The van der Waals surface area contributed by atoms with Crippen molar-refractivity contribution in [2.75, 3.05) is 6.61 Å². The van der Waals surface area contributed by atoms with Crippen molar-refractivity contribution in [3.8, 4) is 5.75 Å². The Morgan fingerprint density at radius 1 is 1.33 bits per heavy atom. The summed E-state index contributed by atoms with van der Waals surface area (Å²) in [6, 6.07) is 4.36. The van der Waals surface area contributed by atoms with E-state index in [9.17, 15) is 13.6 Å². The van der Waals surface area contributed by atoms with Gasteiger partial charge in [-0.2, -0.15) is 13.9 Å². The van der Waals surface area contributed by atoms with E-state index in [4.69, 9.17) is 4.74 Å². The number of aromatic nitrogens is 2. The second-order valence-corrected chi connectivity index (χ2v) is 7.32. The average molecular weight is 377 g/mol. The first-order valence-corrected chi connectivity index (χ1v) is 8.50. The van der Waals surface area contributed by atoms with Crippen LogP contribution in [0.15, 0.2) is 35.3 Å². The molecule has 0 N–H and O–H groups in total. The van der Waals surface area contributed by atoms with Crippen LogP contribution in [0.4, 0.5) is 8.78 Å². The molecule has 2 heterocycles. The van der Waals surface area contributed by atoms with Gasteiger partial charge in [0.25, 0.3) is 0 Å². The van der Waals surface area contributed by atoms with Crippen molar-refractivity contribution >= 4 is 22.6 Å². The van der Waals surface area contributed by atoms with Gasteiger partial charge in [0, 0.05) is 12.4 Å². The lowest BCUT2D eigenvalue weighted by Gasteiger charge is -2.17. The van der Waals surface area contributed by atoms with Gasteiger partial charge in [-0.25, -0.2) is 0 Å². The van der Waals surface area contributed by atoms with E-state index >= 15 is 0 Å². The third-order valence-electron chi connectivity index (χ3n) is 4.07. The predicted octanol–water partition coefficient (Wildman–Crippen LogP) is 3.49. The number of allylic oxidation sites excluding steroid dienone is 1. The standard InChI is InChI=1S/C19H21F2N3O3/c1-19(2,3)17(25)26-10-11-5-7-14(22-11)16-13-9-12(27-18(20)21)6-8-15(13)24(4)23-16/h5-9,11,18H,10H2,1-4H3. The summed E-state index contributed by atoms with van der Waals surface area (Å²) < 4.78 is 36.4. The Bertz CT molecular complexity index is 926. The number of ether oxygens (including phenoxy) is 2. The van der Waals surface area contributed by atoms with Crippen LogP contribution in [-0.4, -0.2) is 40.7 Å². The van der Waals surface area contributed by atoms with Gasteiger partial charge in [0.15, 0.2) is 0 Å². The predicted molar refractivity (Wildman–Crippen MR) is 97.2 cm³/mol. The van der Waals surface area contributed by atoms with E-state index < -0.39 is 12.0 Å². The largest absolute Gasteiger partial charge is 0.463 e. The van der Waals surface area contributed by atoms with Crippen LogP contribution in [0.5, 0.6) is 5.75 Å². The number of nitrogens with zero attached hydrogens (tertiary/aromatic N) is 3. The molecule has 0 bridgehead atoms. The smallest absolute Gasteiger partial charge is 0.387 e. The summed E-state index contributed by atoms with van der Waals surface area (Å²) in [5.74, 6) is -0.235. The summed E-state index contributed by atoms with van der Waals surface area (Å²) in [6.45, 7) is 2.60. The van der Waals surface area contributed by atoms with Crippen molar-refractivity contribution in [1.29, 1.82) is 0 Å². The normalized spacial score (nSPS) is 16.9. The third kappa shape index (κ3) is 4.15. The Labute approximate surface area is 155 Å². The number of alkyl halides is 2. The number of rotatable bonds is 5. The molecule has 0 spiro atoms. The molecule has 144 valence electrons. The highest BCUT2D eigenvalue weighted by Gasteiger charge is 2.25. The zero-order valence-electron chi connectivity index (χ0n) is 15.6. The molecular weight excluding hydrogens is 356 g/mol. The number of hydrogen-bond donors (Lipinski definition) is 0. The molecule has 1 atom stereocenters. The van der Waals surface area contributed by atoms with E-state index in [2.05, 4.69) is 14.8 Å². The van der Waals surface area contributed by atoms with Crippen LogP contribution in [0.25, 0.3) is 10.9 Å². The Morgan fingerprint density at radius 3 is 2.74 bits per heavy atom. The summed E-state index contributed by atoms with van der Waals surface area (Å²) in [5.41, 5.74) is 1.36. The summed E-state index contributed by atoms with van der Waals surface area (Å²) in [7, 11) is 1.77. The molecule has 3 rings (SSSR count). The highest BCUT2D eigenvalue weighted by molar-refractivity contribution is 6.16. The molecule has 0 amide bonds. The van der Waals surface area contributed by atoms with E-state index in [0.717, 1.165) is 5.52 Å². The minimum absolute atomic E-state index is 0.0602. The lowest BCUT2D eigenvalue weighted by molar-refractivity contribution is -0.153. The van der Waals surface area contributed by atoms with Crippen LogP contribution < -0.4 is 4.74 Å². The van der Waals surface area contributed by atoms with Gasteiger partial charge in [0.05, 0.1) is 16.6 Å². The summed E-state index contributed by atoms with van der Waals surface area (Å²) >= 11 is 0. The molecule has 6 nitrogen and oxygen atoms in total. The average Bonchev–Trinajstić information content (AvgIpc) is 3.16. The molecule has 0 aliphatic carbocycles. The molecule has 1 aromatic heterocycles. The van der Waals surface area contributed by atoms with Gasteiger partial charge in [-0.3, -0.25) is 14.5 Å². The maximum Gasteiger partial charge on any atom is 0.387 e. The molecule has 8 heteroatoms. The first-order valence-electron chi connectivity index (χ1n) is 8.50. The summed E-state index contributed by atoms with van der Waals surface area (Å²) in [6.07, 6.45) is 3.61. The fraction of sp³-hybridized carbons (Fsp3) is 0.421. The van der Waals surface area contributed by atoms with Gasteiger partial charge in [0.1, 0.15) is 24.1 Å². The van der Waals surface area contributed by atoms with Gasteiger partial charge in [-0.15, -0.1) is 0 Å². The maximum atomic E-state index is 12.5. The second kappa shape index (κ2) is 7.09. The van der Waals surface area contributed by atoms with Gasteiger partial charge in [-0.1, -0.05) is 6.08 Å². The fourth-order valence-corrected chi connectivity index (χ4v) is 2.69. The Hall–Kier alpha value is -2.77. The monoisotopic (exact) mass is 377 g/mol. The van der Waals surface area contributed by atoms with E-state index in [-0.39, 0.29) is 24.4 Å². The van der Waals surface area contributed by atoms with E-state index in [1.54, 1.807) is 44.6 Å². The zero-order chi connectivity index (χ0) is 19.8. The molecule has 0 saturated carbocycles. The topological polar surface area (TPSA) is 65.7 Å². The quantitative estimate of drug-likeness (QED) is 0.748. The molecule has 0 fully saturated rings. The van der Waals surface area contributed by atoms with Gasteiger partial charge >= 0.3 is 12.6 Å². The minimum Gasteiger partial charge on any atom is -0.463 e. The van der Waals surface area contributed by atoms with E-state index in [1.807, 2.05) is 6.08 Å². The van der Waals surface area contributed by atoms with E-state index in [0.29, 0.717) is 16.8 Å². The molecule has 2 aromatic rings. The molecule has 0 saturated heterocycles. The number of fused-ring (bicyclic) bond motifs is 1. The number of aliphatic imine (C=N–C) groups is 1. The second-order valence-electron chi connectivity index (χ2n) is 7.32. The molecule has 1 unspecified atom stereocenters. The first-order chi connectivity index (χ1) is 12.6. The van der Waals surface area contributed by atoms with Crippen LogP contribution in [0.1, 0.15) is 26.5 Å².